The van der Waals surface area contributed by atoms with Crippen LogP contribution in [-0.4, -0.2) is 23.2 Å². The van der Waals surface area contributed by atoms with Crippen LogP contribution in [0.1, 0.15) is 18.0 Å². The summed E-state index contributed by atoms with van der Waals surface area (Å²) in [5.74, 6) is -3.47. The van der Waals surface area contributed by atoms with E-state index in [1.54, 1.807) is 29.6 Å². The topological polar surface area (TPSA) is 66.4 Å². The quantitative estimate of drug-likeness (QED) is 0.912. The van der Waals surface area contributed by atoms with Gasteiger partial charge in [0.1, 0.15) is 0 Å². The molecule has 1 atom stereocenters. The number of alkyl halides is 3. The molecule has 0 aliphatic heterocycles. The number of hydrogen-bond donors (Lipinski definition) is 2. The van der Waals surface area contributed by atoms with Crippen molar-refractivity contribution in [3.63, 3.8) is 0 Å². The van der Waals surface area contributed by atoms with Gasteiger partial charge in [-0.1, -0.05) is 36.4 Å². The summed E-state index contributed by atoms with van der Waals surface area (Å²) in [6.45, 7) is 0. The molecule has 2 aromatic carbocycles. The summed E-state index contributed by atoms with van der Waals surface area (Å²) in [6.07, 6.45) is -5.70. The molecule has 0 bridgehead atoms. The van der Waals surface area contributed by atoms with Gasteiger partial charge >= 0.3 is 18.1 Å². The molecule has 0 unspecified atom stereocenters. The van der Waals surface area contributed by atoms with Crippen molar-refractivity contribution in [2.24, 2.45) is 0 Å². The van der Waals surface area contributed by atoms with E-state index in [-0.39, 0.29) is 0 Å². The minimum atomic E-state index is -5.06. The van der Waals surface area contributed by atoms with E-state index in [0.29, 0.717) is 5.56 Å². The molecule has 2 aromatic rings. The average Bonchev–Trinajstić information content (AvgIpc) is 2.44. The predicted molar refractivity (Wildman–Crippen MR) is 73.1 cm³/mol. The monoisotopic (exact) mass is 311 g/mol. The summed E-state index contributed by atoms with van der Waals surface area (Å²) >= 11 is 0. The summed E-state index contributed by atoms with van der Waals surface area (Å²) in [6, 6.07) is 10.6. The first-order valence-electron chi connectivity index (χ1n) is 6.35. The zero-order valence-corrected chi connectivity index (χ0v) is 11.2. The lowest BCUT2D eigenvalue weighted by molar-refractivity contribution is -0.174. The molecule has 0 aromatic heterocycles. The van der Waals surface area contributed by atoms with Gasteiger partial charge in [-0.15, -0.1) is 0 Å². The molecule has 0 saturated carbocycles. The summed E-state index contributed by atoms with van der Waals surface area (Å²) in [5.41, 5.74) is 0.304. The lowest BCUT2D eigenvalue weighted by atomic mass is 9.99. The van der Waals surface area contributed by atoms with E-state index >= 15 is 0 Å². The Labute approximate surface area is 123 Å². The number of hydrogen-bond acceptors (Lipinski definition) is 2. The highest BCUT2D eigenvalue weighted by Gasteiger charge is 2.40. The second kappa shape index (κ2) is 6.05. The number of carboxylic acids is 1. The number of amides is 1. The minimum absolute atomic E-state index is 0.304. The second-order valence-corrected chi connectivity index (χ2v) is 4.73. The SMILES string of the molecule is O=C(O)C[C@H](NC(=O)C(F)(F)F)c1ccc2ccccc2c1. The maximum absolute atomic E-state index is 12.4. The third-order valence-electron chi connectivity index (χ3n) is 3.12. The van der Waals surface area contributed by atoms with Gasteiger partial charge in [0, 0.05) is 0 Å². The molecular formula is C15H12F3NO3. The van der Waals surface area contributed by atoms with Crippen LogP contribution in [0, 0.1) is 0 Å². The lowest BCUT2D eigenvalue weighted by Crippen LogP contribution is -2.39. The van der Waals surface area contributed by atoms with Crippen molar-refractivity contribution in [1.82, 2.24) is 5.32 Å². The molecule has 7 heteroatoms. The standard InChI is InChI=1S/C15H12F3NO3/c16-15(17,18)14(22)19-12(8-13(20)21)11-6-5-9-3-1-2-4-10(9)7-11/h1-7,12H,8H2,(H,19,22)(H,20,21)/t12-/m0/s1. The molecule has 0 fully saturated rings. The number of carbonyl (C=O) groups excluding carboxylic acids is 1. The molecule has 116 valence electrons. The van der Waals surface area contributed by atoms with Crippen LogP contribution in [0.3, 0.4) is 0 Å². The first kappa shape index (κ1) is 15.8. The Hall–Kier alpha value is -2.57. The second-order valence-electron chi connectivity index (χ2n) is 4.73. The summed E-state index contributed by atoms with van der Waals surface area (Å²) in [5, 5.41) is 12.2. The van der Waals surface area contributed by atoms with E-state index in [9.17, 15) is 22.8 Å². The van der Waals surface area contributed by atoms with Gasteiger partial charge in [-0.05, 0) is 22.4 Å². The van der Waals surface area contributed by atoms with Crippen molar-refractivity contribution in [1.29, 1.82) is 0 Å². The maximum Gasteiger partial charge on any atom is 0.471 e. The number of carbonyl (C=O) groups is 2. The van der Waals surface area contributed by atoms with Gasteiger partial charge in [-0.3, -0.25) is 9.59 Å². The van der Waals surface area contributed by atoms with E-state index in [0.717, 1.165) is 10.8 Å². The summed E-state index contributed by atoms with van der Waals surface area (Å²) in [4.78, 5) is 21.9. The van der Waals surface area contributed by atoms with Crippen LogP contribution < -0.4 is 5.32 Å². The first-order chi connectivity index (χ1) is 10.3. The molecule has 0 spiro atoms. The fourth-order valence-electron chi connectivity index (χ4n) is 2.09. The Kier molecular flexibility index (Phi) is 4.35. The van der Waals surface area contributed by atoms with Crippen LogP contribution in [0.15, 0.2) is 42.5 Å². The fraction of sp³-hybridized carbons (Fsp3) is 0.200. The van der Waals surface area contributed by atoms with Crippen molar-refractivity contribution in [3.8, 4) is 0 Å². The number of nitrogens with one attached hydrogen (secondary N) is 1. The molecule has 0 aliphatic rings. The van der Waals surface area contributed by atoms with Gasteiger partial charge in [-0.2, -0.15) is 13.2 Å². The zero-order valence-electron chi connectivity index (χ0n) is 11.2. The van der Waals surface area contributed by atoms with E-state index < -0.39 is 30.5 Å². The van der Waals surface area contributed by atoms with Gasteiger partial charge < -0.3 is 10.4 Å². The molecule has 0 saturated heterocycles. The molecule has 22 heavy (non-hydrogen) atoms. The third-order valence-corrected chi connectivity index (χ3v) is 3.12. The number of fused-ring (bicyclic) bond motifs is 1. The summed E-state index contributed by atoms with van der Waals surface area (Å²) in [7, 11) is 0. The van der Waals surface area contributed by atoms with Gasteiger partial charge in [0.05, 0.1) is 12.5 Å². The molecule has 2 rings (SSSR count). The number of benzene rings is 2. The highest BCUT2D eigenvalue weighted by molar-refractivity contribution is 5.85. The highest BCUT2D eigenvalue weighted by Crippen LogP contribution is 2.24. The minimum Gasteiger partial charge on any atom is -0.481 e. The van der Waals surface area contributed by atoms with E-state index in [1.807, 2.05) is 12.1 Å². The predicted octanol–water partition coefficient (Wildman–Crippen LogP) is 3.03. The number of halogens is 3. The van der Waals surface area contributed by atoms with E-state index in [4.69, 9.17) is 5.11 Å². The van der Waals surface area contributed by atoms with Crippen molar-refractivity contribution in [2.45, 2.75) is 18.6 Å². The Balaban J connectivity index is 2.34. The smallest absolute Gasteiger partial charge is 0.471 e. The summed E-state index contributed by atoms with van der Waals surface area (Å²) < 4.78 is 37.1. The Morgan fingerprint density at radius 2 is 1.73 bits per heavy atom. The van der Waals surface area contributed by atoms with Gasteiger partial charge in [0.2, 0.25) is 0 Å². The van der Waals surface area contributed by atoms with Gasteiger partial charge in [0.25, 0.3) is 0 Å². The largest absolute Gasteiger partial charge is 0.481 e. The van der Waals surface area contributed by atoms with Gasteiger partial charge in [-0.25, -0.2) is 0 Å². The molecule has 4 nitrogen and oxygen atoms in total. The fourth-order valence-corrected chi connectivity index (χ4v) is 2.09. The molecule has 0 radical (unpaired) electrons. The molecular weight excluding hydrogens is 299 g/mol. The van der Waals surface area contributed by atoms with Crippen molar-refractivity contribution < 1.29 is 27.9 Å². The molecule has 1 amide bonds. The van der Waals surface area contributed by atoms with E-state index in [2.05, 4.69) is 0 Å². The zero-order chi connectivity index (χ0) is 16.3. The van der Waals surface area contributed by atoms with Crippen LogP contribution in [0.2, 0.25) is 0 Å². The van der Waals surface area contributed by atoms with E-state index in [1.165, 1.54) is 6.07 Å². The maximum atomic E-state index is 12.4. The number of aliphatic carboxylic acids is 1. The first-order valence-corrected chi connectivity index (χ1v) is 6.35. The van der Waals surface area contributed by atoms with Crippen LogP contribution >= 0.6 is 0 Å². The molecule has 0 aliphatic carbocycles. The Morgan fingerprint density at radius 3 is 2.32 bits per heavy atom. The number of carboxylic acid groups (broad SMARTS) is 1. The van der Waals surface area contributed by atoms with Crippen molar-refractivity contribution >= 4 is 22.6 Å². The molecule has 0 heterocycles. The lowest BCUT2D eigenvalue weighted by Gasteiger charge is -2.19. The highest BCUT2D eigenvalue weighted by atomic mass is 19.4. The van der Waals surface area contributed by atoms with Crippen LogP contribution in [-0.2, 0) is 9.59 Å². The van der Waals surface area contributed by atoms with Gasteiger partial charge in [0.15, 0.2) is 0 Å². The average molecular weight is 311 g/mol. The molecule has 2 N–H and O–H groups in total. The van der Waals surface area contributed by atoms with Crippen molar-refractivity contribution in [3.05, 3.63) is 48.0 Å². The third kappa shape index (κ3) is 3.75. The van der Waals surface area contributed by atoms with Crippen LogP contribution in [0.25, 0.3) is 10.8 Å². The number of rotatable bonds is 4. The normalized spacial score (nSPS) is 12.9. The van der Waals surface area contributed by atoms with Crippen molar-refractivity contribution in [2.75, 3.05) is 0 Å². The Morgan fingerprint density at radius 1 is 1.09 bits per heavy atom. The Bertz CT molecular complexity index is 712. The van der Waals surface area contributed by atoms with Crippen LogP contribution in [0.4, 0.5) is 13.2 Å². The van der Waals surface area contributed by atoms with Crippen LogP contribution in [0.5, 0.6) is 0 Å².